The van der Waals surface area contributed by atoms with E-state index in [1.807, 2.05) is 6.07 Å². The van der Waals surface area contributed by atoms with E-state index in [1.165, 1.54) is 31.7 Å². The van der Waals surface area contributed by atoms with Gasteiger partial charge in [0.1, 0.15) is 44.2 Å². The van der Waals surface area contributed by atoms with Gasteiger partial charge in [-0.2, -0.15) is 0 Å². The van der Waals surface area contributed by atoms with Crippen molar-refractivity contribution >= 4 is 15.9 Å². The van der Waals surface area contributed by atoms with Crippen LogP contribution >= 0.6 is 15.9 Å². The van der Waals surface area contributed by atoms with Crippen LogP contribution in [0.25, 0.3) is 0 Å². The summed E-state index contributed by atoms with van der Waals surface area (Å²) in [4.78, 5) is 3.26. The molecule has 5 heteroatoms. The van der Waals surface area contributed by atoms with Gasteiger partial charge >= 0.3 is 0 Å². The molecule has 0 aliphatic carbocycles. The first-order chi connectivity index (χ1) is 9.13. The monoisotopic (exact) mass is 330 g/mol. The topological polar surface area (TPSA) is 27.3 Å². The number of piperazine rings is 1. The first-order valence-electron chi connectivity index (χ1n) is 6.69. The first-order valence-corrected chi connectivity index (χ1v) is 7.48. The van der Waals surface area contributed by atoms with Crippen LogP contribution in [0.1, 0.15) is 5.56 Å². The van der Waals surface area contributed by atoms with Gasteiger partial charge in [0.25, 0.3) is 0 Å². The van der Waals surface area contributed by atoms with E-state index >= 15 is 0 Å². The highest BCUT2D eigenvalue weighted by Crippen LogP contribution is 2.32. The smallest absolute Gasteiger partial charge is 0.136 e. The van der Waals surface area contributed by atoms with Crippen molar-refractivity contribution in [2.75, 3.05) is 47.4 Å². The van der Waals surface area contributed by atoms with Gasteiger partial charge in [-0.15, -0.1) is 0 Å². The van der Waals surface area contributed by atoms with E-state index in [4.69, 9.17) is 9.47 Å². The van der Waals surface area contributed by atoms with E-state index in [-0.39, 0.29) is 0 Å². The summed E-state index contributed by atoms with van der Waals surface area (Å²) in [6.45, 7) is 5.94. The van der Waals surface area contributed by atoms with E-state index in [1.54, 1.807) is 24.0 Å². The summed E-state index contributed by atoms with van der Waals surface area (Å²) in [6.07, 6.45) is 0. The number of benzene rings is 1. The van der Waals surface area contributed by atoms with E-state index < -0.39 is 0 Å². The Hall–Kier alpha value is -0.780. The Balaban J connectivity index is 2.13. The van der Waals surface area contributed by atoms with Crippen LogP contribution in [0.4, 0.5) is 0 Å². The summed E-state index contributed by atoms with van der Waals surface area (Å²) in [7, 11) is 5.66. The Morgan fingerprint density at radius 2 is 1.68 bits per heavy atom. The number of likely N-dealkylation sites (N-methyl/N-ethyl adjacent to an activating group) is 1. The van der Waals surface area contributed by atoms with E-state index in [0.717, 1.165) is 22.5 Å². The van der Waals surface area contributed by atoms with Crippen LogP contribution in [-0.2, 0) is 6.54 Å². The molecule has 2 rings (SSSR count). The lowest BCUT2D eigenvalue weighted by atomic mass is 10.1. The van der Waals surface area contributed by atoms with Gasteiger partial charge in [-0.3, -0.25) is 0 Å². The van der Waals surface area contributed by atoms with Crippen molar-refractivity contribution in [2.45, 2.75) is 6.54 Å². The second-order valence-corrected chi connectivity index (χ2v) is 6.04. The SMILES string of the molecule is COc1cc(OC)c(C[NH+]2CC[NH+](C)CC2)cc1Br. The average molecular weight is 331 g/mol. The molecule has 1 aliphatic heterocycles. The second kappa shape index (κ2) is 6.59. The molecule has 0 spiro atoms. The summed E-state index contributed by atoms with van der Waals surface area (Å²) >= 11 is 3.55. The zero-order chi connectivity index (χ0) is 13.8. The molecule has 1 saturated heterocycles. The average Bonchev–Trinajstić information content (AvgIpc) is 2.42. The minimum absolute atomic E-state index is 0.818. The predicted octanol–water partition coefficient (Wildman–Crippen LogP) is -0.620. The highest BCUT2D eigenvalue weighted by molar-refractivity contribution is 9.10. The molecule has 0 amide bonds. The van der Waals surface area contributed by atoms with E-state index in [2.05, 4.69) is 29.0 Å². The van der Waals surface area contributed by atoms with Crippen molar-refractivity contribution in [2.24, 2.45) is 0 Å². The molecule has 1 fully saturated rings. The van der Waals surface area contributed by atoms with Crippen molar-refractivity contribution in [1.82, 2.24) is 0 Å². The maximum absolute atomic E-state index is 5.49. The Morgan fingerprint density at radius 3 is 2.26 bits per heavy atom. The Morgan fingerprint density at radius 1 is 1.05 bits per heavy atom. The number of halogens is 1. The molecule has 1 aromatic carbocycles. The van der Waals surface area contributed by atoms with Gasteiger partial charge in [0, 0.05) is 11.6 Å². The predicted molar refractivity (Wildman–Crippen MR) is 78.3 cm³/mol. The molecule has 0 unspecified atom stereocenters. The number of hydrogen-bond acceptors (Lipinski definition) is 2. The van der Waals surface area contributed by atoms with Gasteiger partial charge in [-0.1, -0.05) is 0 Å². The molecule has 0 atom stereocenters. The highest BCUT2D eigenvalue weighted by Gasteiger charge is 2.22. The third-order valence-electron chi connectivity index (χ3n) is 3.81. The molecule has 1 heterocycles. The summed E-state index contributed by atoms with van der Waals surface area (Å²) in [5.74, 6) is 1.73. The number of ether oxygens (including phenoxy) is 2. The zero-order valence-electron chi connectivity index (χ0n) is 11.9. The number of rotatable bonds is 4. The second-order valence-electron chi connectivity index (χ2n) is 5.18. The molecule has 0 radical (unpaired) electrons. The third kappa shape index (κ3) is 3.61. The molecular formula is C14H23BrN2O2+2. The maximum atomic E-state index is 5.49. The fourth-order valence-electron chi connectivity index (χ4n) is 2.54. The molecule has 0 saturated carbocycles. The van der Waals surface area contributed by atoms with Crippen LogP contribution in [0.3, 0.4) is 0 Å². The third-order valence-corrected chi connectivity index (χ3v) is 4.43. The van der Waals surface area contributed by atoms with Gasteiger partial charge in [0.05, 0.1) is 25.7 Å². The molecule has 106 valence electrons. The van der Waals surface area contributed by atoms with Gasteiger partial charge in [0.15, 0.2) is 0 Å². The molecular weight excluding hydrogens is 308 g/mol. The van der Waals surface area contributed by atoms with Crippen molar-refractivity contribution in [3.05, 3.63) is 22.2 Å². The van der Waals surface area contributed by atoms with E-state index in [9.17, 15) is 0 Å². The molecule has 4 nitrogen and oxygen atoms in total. The Labute approximate surface area is 123 Å². The lowest BCUT2D eigenvalue weighted by molar-refractivity contribution is -1.01. The summed E-state index contributed by atoms with van der Waals surface area (Å²) in [6, 6.07) is 4.08. The fourth-order valence-corrected chi connectivity index (χ4v) is 3.09. The minimum Gasteiger partial charge on any atom is -0.496 e. The fraction of sp³-hybridized carbons (Fsp3) is 0.571. The van der Waals surface area contributed by atoms with Gasteiger partial charge < -0.3 is 19.3 Å². The van der Waals surface area contributed by atoms with Gasteiger partial charge in [-0.25, -0.2) is 0 Å². The van der Waals surface area contributed by atoms with Crippen LogP contribution in [0.2, 0.25) is 0 Å². The quantitative estimate of drug-likeness (QED) is 0.770. The van der Waals surface area contributed by atoms with Gasteiger partial charge in [-0.05, 0) is 22.0 Å². The van der Waals surface area contributed by atoms with E-state index in [0.29, 0.717) is 0 Å². The van der Waals surface area contributed by atoms with Crippen molar-refractivity contribution in [1.29, 1.82) is 0 Å². The maximum Gasteiger partial charge on any atom is 0.136 e. The summed E-state index contributed by atoms with van der Waals surface area (Å²) < 4.78 is 11.8. The largest absolute Gasteiger partial charge is 0.496 e. The molecule has 1 aromatic rings. The number of hydrogen-bond donors (Lipinski definition) is 2. The minimum atomic E-state index is 0.818. The zero-order valence-corrected chi connectivity index (χ0v) is 13.5. The highest BCUT2D eigenvalue weighted by atomic mass is 79.9. The molecule has 1 aliphatic rings. The normalized spacial score (nSPS) is 23.2. The molecule has 19 heavy (non-hydrogen) atoms. The first kappa shape index (κ1) is 14.6. The molecule has 0 bridgehead atoms. The molecule has 2 N–H and O–H groups in total. The lowest BCUT2D eigenvalue weighted by Crippen LogP contribution is -3.26. The lowest BCUT2D eigenvalue weighted by Gasteiger charge is -2.27. The summed E-state index contributed by atoms with van der Waals surface area (Å²) in [5, 5.41) is 0. The molecule has 0 aromatic heterocycles. The Bertz CT molecular complexity index is 432. The van der Waals surface area contributed by atoms with Crippen LogP contribution in [0, 0.1) is 0 Å². The number of methoxy groups -OCH3 is 2. The van der Waals surface area contributed by atoms with Crippen LogP contribution < -0.4 is 19.3 Å². The number of quaternary nitrogens is 2. The van der Waals surface area contributed by atoms with Crippen LogP contribution in [0.5, 0.6) is 11.5 Å². The number of nitrogens with one attached hydrogen (secondary N) is 2. The van der Waals surface area contributed by atoms with Gasteiger partial charge in [0.2, 0.25) is 0 Å². The van der Waals surface area contributed by atoms with Crippen LogP contribution in [-0.4, -0.2) is 47.4 Å². The van der Waals surface area contributed by atoms with Crippen LogP contribution in [0.15, 0.2) is 16.6 Å². The van der Waals surface area contributed by atoms with Crippen molar-refractivity contribution in [3.63, 3.8) is 0 Å². The summed E-state index contributed by atoms with van der Waals surface area (Å²) in [5.41, 5.74) is 1.24. The van der Waals surface area contributed by atoms with Crippen molar-refractivity contribution < 1.29 is 19.3 Å². The Kier molecular flexibility index (Phi) is 5.07. The standard InChI is InChI=1S/C14H21BrN2O2/c1-16-4-6-17(7-5-16)10-11-8-12(15)14(19-3)9-13(11)18-2/h8-9H,4-7,10H2,1-3H3/p+2. The van der Waals surface area contributed by atoms with Crippen molar-refractivity contribution in [3.8, 4) is 11.5 Å².